The average molecular weight is 654 g/mol. The van der Waals surface area contributed by atoms with Crippen LogP contribution in [0.15, 0.2) is 36.4 Å². The summed E-state index contributed by atoms with van der Waals surface area (Å²) < 4.78 is 29.9. The molecule has 1 aliphatic rings. The zero-order valence-corrected chi connectivity index (χ0v) is 30.1. The van der Waals surface area contributed by atoms with Crippen LogP contribution in [0.4, 0.5) is 0 Å². The van der Waals surface area contributed by atoms with Gasteiger partial charge in [0, 0.05) is 19.6 Å². The predicted octanol–water partition coefficient (Wildman–Crippen LogP) is 7.58. The molecular formula is C38H55NO8. The van der Waals surface area contributed by atoms with Crippen molar-refractivity contribution >= 4 is 17.7 Å². The second-order valence-electron chi connectivity index (χ2n) is 13.3. The van der Waals surface area contributed by atoms with Gasteiger partial charge in [-0.15, -0.1) is 0 Å². The van der Waals surface area contributed by atoms with Gasteiger partial charge in [0.25, 0.3) is 0 Å². The van der Waals surface area contributed by atoms with Crippen LogP contribution in [-0.4, -0.2) is 67.2 Å². The molecule has 0 spiro atoms. The summed E-state index contributed by atoms with van der Waals surface area (Å²) in [4.78, 5) is 42.6. The second-order valence-corrected chi connectivity index (χ2v) is 13.3. The molecule has 47 heavy (non-hydrogen) atoms. The summed E-state index contributed by atoms with van der Waals surface area (Å²) in [5, 5.41) is 0. The predicted molar refractivity (Wildman–Crippen MR) is 182 cm³/mol. The third kappa shape index (κ3) is 9.57. The first-order valence-corrected chi connectivity index (χ1v) is 16.9. The Hall–Kier alpha value is -3.43. The van der Waals surface area contributed by atoms with E-state index in [-0.39, 0.29) is 49.4 Å². The summed E-state index contributed by atoms with van der Waals surface area (Å²) in [6.45, 7) is 20.3. The van der Waals surface area contributed by atoms with Gasteiger partial charge in [-0.1, -0.05) is 30.3 Å². The first-order valence-electron chi connectivity index (χ1n) is 16.9. The third-order valence-electron chi connectivity index (χ3n) is 8.64. The lowest BCUT2D eigenvalue weighted by molar-refractivity contribution is -0.188. The number of ketones is 1. The Balaban J connectivity index is 2.02. The van der Waals surface area contributed by atoms with Gasteiger partial charge in [0.05, 0.1) is 43.5 Å². The molecule has 1 unspecified atom stereocenters. The molecular weight excluding hydrogens is 598 g/mol. The molecule has 0 heterocycles. The van der Waals surface area contributed by atoms with Crippen molar-refractivity contribution in [2.45, 2.75) is 112 Å². The van der Waals surface area contributed by atoms with Gasteiger partial charge in [0.2, 0.25) is 5.91 Å². The van der Waals surface area contributed by atoms with Gasteiger partial charge < -0.3 is 28.6 Å². The standard InChI is InChI=1S/C38H55NO8/c1-11-43-30-22-38(23-30,36(42)47-37(8,9)10)24-33(41)39(19-20-46-28(7)29-17-15-14-16-18-29)26(5)31-21-32(44-12-2)34(27(6)40)35(25(31)4)45-13-3/h14-18,21,26,28,30H,11-13,19-20,22-24H2,1-10H3/t26?,28-,30?,38?/m0/s1. The van der Waals surface area contributed by atoms with Gasteiger partial charge in [-0.05, 0) is 105 Å². The van der Waals surface area contributed by atoms with Crippen LogP contribution in [0.1, 0.15) is 121 Å². The Bertz CT molecular complexity index is 1360. The molecule has 1 aliphatic carbocycles. The van der Waals surface area contributed by atoms with Gasteiger partial charge in [0.15, 0.2) is 5.78 Å². The quantitative estimate of drug-likeness (QED) is 0.127. The number of carbonyl (C=O) groups is 3. The van der Waals surface area contributed by atoms with Crippen LogP contribution < -0.4 is 9.47 Å². The van der Waals surface area contributed by atoms with E-state index in [0.717, 1.165) is 16.7 Å². The highest BCUT2D eigenvalue weighted by Crippen LogP contribution is 2.48. The maximum atomic E-state index is 14.5. The molecule has 0 radical (unpaired) electrons. The molecule has 260 valence electrons. The number of Topliss-reactive ketones (excluding diaryl/α,β-unsaturated/α-hetero) is 1. The summed E-state index contributed by atoms with van der Waals surface area (Å²) in [5.41, 5.74) is 1.29. The van der Waals surface area contributed by atoms with E-state index in [4.69, 9.17) is 23.7 Å². The average Bonchev–Trinajstić information content (AvgIpc) is 2.98. The maximum absolute atomic E-state index is 14.5. The summed E-state index contributed by atoms with van der Waals surface area (Å²) in [6.07, 6.45) is 0.526. The van der Waals surface area contributed by atoms with Crippen molar-refractivity contribution in [3.05, 3.63) is 58.7 Å². The largest absolute Gasteiger partial charge is 0.493 e. The lowest BCUT2D eigenvalue weighted by Crippen LogP contribution is -2.53. The van der Waals surface area contributed by atoms with Gasteiger partial charge in [-0.2, -0.15) is 0 Å². The molecule has 2 atom stereocenters. The Labute approximate surface area is 281 Å². The number of nitrogens with zero attached hydrogens (tertiary/aromatic N) is 1. The number of rotatable bonds is 17. The van der Waals surface area contributed by atoms with Crippen molar-refractivity contribution in [2.75, 3.05) is 33.0 Å². The van der Waals surface area contributed by atoms with Crippen LogP contribution >= 0.6 is 0 Å². The Morgan fingerprint density at radius 2 is 1.62 bits per heavy atom. The fraction of sp³-hybridized carbons (Fsp3) is 0.605. The summed E-state index contributed by atoms with van der Waals surface area (Å²) in [5.74, 6) is 0.137. The molecule has 2 aromatic carbocycles. The molecule has 3 rings (SSSR count). The minimum absolute atomic E-state index is 0.0225. The van der Waals surface area contributed by atoms with Crippen LogP contribution in [0.3, 0.4) is 0 Å². The molecule has 0 N–H and O–H groups in total. The van der Waals surface area contributed by atoms with Crippen LogP contribution in [0.5, 0.6) is 11.5 Å². The fourth-order valence-electron chi connectivity index (χ4n) is 6.29. The zero-order chi connectivity index (χ0) is 34.9. The van der Waals surface area contributed by atoms with Crippen LogP contribution in [-0.2, 0) is 23.8 Å². The number of esters is 1. The van der Waals surface area contributed by atoms with E-state index in [1.807, 2.05) is 98.7 Å². The summed E-state index contributed by atoms with van der Waals surface area (Å²) in [7, 11) is 0. The molecule has 2 aromatic rings. The van der Waals surface area contributed by atoms with Crippen molar-refractivity contribution in [2.24, 2.45) is 5.41 Å². The number of hydrogen-bond donors (Lipinski definition) is 0. The minimum atomic E-state index is -0.985. The lowest BCUT2D eigenvalue weighted by Gasteiger charge is -2.46. The highest BCUT2D eigenvalue weighted by Gasteiger charge is 2.54. The lowest BCUT2D eigenvalue weighted by atomic mass is 9.64. The van der Waals surface area contributed by atoms with E-state index in [1.54, 1.807) is 4.90 Å². The summed E-state index contributed by atoms with van der Waals surface area (Å²) in [6, 6.07) is 11.3. The molecule has 0 aromatic heterocycles. The van der Waals surface area contributed by atoms with Gasteiger partial charge in [0.1, 0.15) is 22.7 Å². The fourth-order valence-corrected chi connectivity index (χ4v) is 6.29. The van der Waals surface area contributed by atoms with E-state index in [9.17, 15) is 14.4 Å². The first kappa shape index (κ1) is 38.0. The molecule has 1 fully saturated rings. The van der Waals surface area contributed by atoms with Gasteiger partial charge in [-0.25, -0.2) is 0 Å². The van der Waals surface area contributed by atoms with Gasteiger partial charge >= 0.3 is 5.97 Å². The number of hydrogen-bond acceptors (Lipinski definition) is 8. The van der Waals surface area contributed by atoms with Crippen LogP contribution in [0.2, 0.25) is 0 Å². The highest BCUT2D eigenvalue weighted by molar-refractivity contribution is 6.00. The Morgan fingerprint density at radius 1 is 0.979 bits per heavy atom. The monoisotopic (exact) mass is 653 g/mol. The van der Waals surface area contributed by atoms with E-state index < -0.39 is 17.1 Å². The topological polar surface area (TPSA) is 101 Å². The number of carbonyl (C=O) groups excluding carboxylic acids is 3. The van der Waals surface area contributed by atoms with E-state index >= 15 is 0 Å². The zero-order valence-electron chi connectivity index (χ0n) is 30.1. The Kier molecular flexibility index (Phi) is 13.4. The van der Waals surface area contributed by atoms with Crippen LogP contribution in [0.25, 0.3) is 0 Å². The SMILES string of the molecule is CCOc1cc(C(C)N(CCO[C@@H](C)c2ccccc2)C(=O)CC2(C(=O)OC(C)(C)C)CC(OCC)C2)c(C)c(OCC)c1C(C)=O. The van der Waals surface area contributed by atoms with E-state index in [0.29, 0.717) is 49.7 Å². The van der Waals surface area contributed by atoms with Crippen LogP contribution in [0, 0.1) is 12.3 Å². The maximum Gasteiger partial charge on any atom is 0.313 e. The molecule has 9 heteroatoms. The number of amides is 1. The molecule has 0 aliphatic heterocycles. The molecule has 0 bridgehead atoms. The van der Waals surface area contributed by atoms with E-state index in [1.165, 1.54) is 6.92 Å². The third-order valence-corrected chi connectivity index (χ3v) is 8.64. The highest BCUT2D eigenvalue weighted by atomic mass is 16.6. The van der Waals surface area contributed by atoms with E-state index in [2.05, 4.69) is 0 Å². The number of ether oxygens (including phenoxy) is 5. The van der Waals surface area contributed by atoms with Crippen molar-refractivity contribution in [1.82, 2.24) is 4.90 Å². The molecule has 1 amide bonds. The smallest absolute Gasteiger partial charge is 0.313 e. The second kappa shape index (κ2) is 16.6. The minimum Gasteiger partial charge on any atom is -0.493 e. The van der Waals surface area contributed by atoms with Crippen molar-refractivity contribution in [1.29, 1.82) is 0 Å². The summed E-state index contributed by atoms with van der Waals surface area (Å²) >= 11 is 0. The number of benzene rings is 2. The van der Waals surface area contributed by atoms with Crippen molar-refractivity contribution in [3.8, 4) is 11.5 Å². The Morgan fingerprint density at radius 3 is 2.17 bits per heavy atom. The van der Waals surface area contributed by atoms with Crippen molar-refractivity contribution in [3.63, 3.8) is 0 Å². The molecule has 9 nitrogen and oxygen atoms in total. The van der Waals surface area contributed by atoms with Gasteiger partial charge in [-0.3, -0.25) is 14.4 Å². The molecule has 0 saturated heterocycles. The van der Waals surface area contributed by atoms with Crippen molar-refractivity contribution < 1.29 is 38.1 Å². The first-order chi connectivity index (χ1) is 22.2. The normalized spacial score (nSPS) is 18.9. The molecule has 1 saturated carbocycles.